The van der Waals surface area contributed by atoms with Gasteiger partial charge in [-0.2, -0.15) is 0 Å². The highest BCUT2D eigenvalue weighted by atomic mass is 16.7. The van der Waals surface area contributed by atoms with Crippen LogP contribution in [-0.4, -0.2) is 19.0 Å². The van der Waals surface area contributed by atoms with E-state index in [2.05, 4.69) is 27.7 Å². The quantitative estimate of drug-likeness (QED) is 0.412. The Bertz CT molecular complexity index is 156. The van der Waals surface area contributed by atoms with Gasteiger partial charge in [-0.15, -0.1) is 0 Å². The molecule has 0 aliphatic carbocycles. The number of hydrogen-bond acceptors (Lipinski definition) is 2. The van der Waals surface area contributed by atoms with Crippen LogP contribution in [0.4, 0.5) is 0 Å². The van der Waals surface area contributed by atoms with E-state index in [9.17, 15) is 0 Å². The highest BCUT2D eigenvalue weighted by Gasteiger charge is 2.18. The lowest BCUT2D eigenvalue weighted by atomic mass is 10.1. The molecule has 0 rings (SSSR count). The largest absolute Gasteiger partial charge is 0.351 e. The van der Waals surface area contributed by atoms with Gasteiger partial charge in [0, 0.05) is 0 Å². The van der Waals surface area contributed by atoms with Crippen molar-refractivity contribution >= 4 is 0 Å². The molecular formula is C15H32O2. The van der Waals surface area contributed by atoms with Crippen molar-refractivity contribution in [3.05, 3.63) is 0 Å². The molecule has 0 unspecified atom stereocenters. The maximum Gasteiger partial charge on any atom is 0.162 e. The van der Waals surface area contributed by atoms with Gasteiger partial charge < -0.3 is 9.47 Å². The molecule has 0 fully saturated rings. The zero-order valence-corrected chi connectivity index (χ0v) is 12.7. The van der Waals surface area contributed by atoms with Crippen LogP contribution in [0.1, 0.15) is 67.2 Å². The van der Waals surface area contributed by atoms with Crippen LogP contribution in [0.3, 0.4) is 0 Å². The molecule has 0 heterocycles. The Morgan fingerprint density at radius 3 is 1.41 bits per heavy atom. The molecule has 0 aromatic rings. The summed E-state index contributed by atoms with van der Waals surface area (Å²) < 4.78 is 11.5. The van der Waals surface area contributed by atoms with Crippen molar-refractivity contribution in [2.45, 2.75) is 73.0 Å². The van der Waals surface area contributed by atoms with E-state index in [1.807, 2.05) is 13.8 Å². The molecule has 0 bridgehead atoms. The molecule has 0 spiro atoms. The van der Waals surface area contributed by atoms with Gasteiger partial charge in [0.15, 0.2) is 5.79 Å². The smallest absolute Gasteiger partial charge is 0.162 e. The predicted octanol–water partition coefficient (Wildman–Crippen LogP) is 4.63. The van der Waals surface area contributed by atoms with Crippen LogP contribution in [0.5, 0.6) is 0 Å². The average Bonchev–Trinajstić information content (AvgIpc) is 2.19. The van der Waals surface area contributed by atoms with E-state index in [1.54, 1.807) is 0 Å². The van der Waals surface area contributed by atoms with Gasteiger partial charge in [-0.1, -0.05) is 27.7 Å². The minimum absolute atomic E-state index is 0.423. The molecule has 0 atom stereocenters. The molecule has 0 radical (unpaired) electrons. The molecular weight excluding hydrogens is 212 g/mol. The average molecular weight is 244 g/mol. The molecule has 2 nitrogen and oxygen atoms in total. The fraction of sp³-hybridized carbons (Fsp3) is 1.00. The zero-order valence-electron chi connectivity index (χ0n) is 12.7. The maximum absolute atomic E-state index is 5.76. The van der Waals surface area contributed by atoms with Crippen LogP contribution in [0.25, 0.3) is 0 Å². The van der Waals surface area contributed by atoms with E-state index in [0.717, 1.165) is 37.9 Å². The first-order valence-electron chi connectivity index (χ1n) is 7.11. The highest BCUT2D eigenvalue weighted by Crippen LogP contribution is 2.15. The number of hydrogen-bond donors (Lipinski definition) is 0. The van der Waals surface area contributed by atoms with Gasteiger partial charge >= 0.3 is 0 Å². The Hall–Kier alpha value is -0.0800. The summed E-state index contributed by atoms with van der Waals surface area (Å²) in [7, 11) is 0. The molecule has 0 aliphatic rings. The summed E-state index contributed by atoms with van der Waals surface area (Å²) in [6, 6.07) is 0. The van der Waals surface area contributed by atoms with Crippen LogP contribution < -0.4 is 0 Å². The molecule has 0 amide bonds. The highest BCUT2D eigenvalue weighted by molar-refractivity contribution is 4.55. The molecule has 104 valence electrons. The van der Waals surface area contributed by atoms with E-state index >= 15 is 0 Å². The van der Waals surface area contributed by atoms with Crippen LogP contribution >= 0.6 is 0 Å². The second-order valence-corrected chi connectivity index (χ2v) is 6.17. The van der Waals surface area contributed by atoms with Crippen molar-refractivity contribution in [3.8, 4) is 0 Å². The SMILES string of the molecule is CC(C)CCCOC(C)(C)OCCCC(C)C. The Morgan fingerprint density at radius 1 is 0.765 bits per heavy atom. The molecule has 0 aliphatic heterocycles. The van der Waals surface area contributed by atoms with Crippen molar-refractivity contribution in [1.82, 2.24) is 0 Å². The monoisotopic (exact) mass is 244 g/mol. The van der Waals surface area contributed by atoms with Gasteiger partial charge in [-0.25, -0.2) is 0 Å². The summed E-state index contributed by atoms with van der Waals surface area (Å²) in [5.74, 6) is 1.09. The summed E-state index contributed by atoms with van der Waals surface area (Å²) in [5.41, 5.74) is 0. The van der Waals surface area contributed by atoms with Crippen molar-refractivity contribution in [2.75, 3.05) is 13.2 Å². The minimum Gasteiger partial charge on any atom is -0.351 e. The Labute approximate surface area is 108 Å². The van der Waals surface area contributed by atoms with Crippen LogP contribution in [0.15, 0.2) is 0 Å². The van der Waals surface area contributed by atoms with Crippen LogP contribution in [-0.2, 0) is 9.47 Å². The normalized spacial score (nSPS) is 12.7. The Kier molecular flexibility index (Phi) is 8.89. The molecule has 0 N–H and O–H groups in total. The molecule has 17 heavy (non-hydrogen) atoms. The first kappa shape index (κ1) is 16.9. The van der Waals surface area contributed by atoms with Crippen molar-refractivity contribution in [1.29, 1.82) is 0 Å². The fourth-order valence-electron chi connectivity index (χ4n) is 1.66. The second-order valence-electron chi connectivity index (χ2n) is 6.17. The zero-order chi connectivity index (χ0) is 13.3. The molecule has 0 saturated carbocycles. The van der Waals surface area contributed by atoms with Crippen molar-refractivity contribution < 1.29 is 9.47 Å². The number of ether oxygens (including phenoxy) is 2. The van der Waals surface area contributed by atoms with Gasteiger partial charge in [0.2, 0.25) is 0 Å². The van der Waals surface area contributed by atoms with Gasteiger partial charge in [-0.3, -0.25) is 0 Å². The first-order valence-corrected chi connectivity index (χ1v) is 7.11. The summed E-state index contributed by atoms with van der Waals surface area (Å²) in [6.45, 7) is 14.6. The standard InChI is InChI=1S/C15H32O2/c1-13(2)9-7-11-16-15(5,6)17-12-8-10-14(3)4/h13-14H,7-12H2,1-6H3. The summed E-state index contributed by atoms with van der Waals surface area (Å²) in [6.07, 6.45) is 4.69. The van der Waals surface area contributed by atoms with Crippen LogP contribution in [0.2, 0.25) is 0 Å². The number of rotatable bonds is 10. The van der Waals surface area contributed by atoms with E-state index in [-0.39, 0.29) is 0 Å². The predicted molar refractivity (Wildman–Crippen MR) is 74.1 cm³/mol. The Morgan fingerprint density at radius 2 is 1.12 bits per heavy atom. The molecule has 0 aromatic heterocycles. The Balaban J connectivity index is 3.51. The lowest BCUT2D eigenvalue weighted by Gasteiger charge is -2.26. The lowest BCUT2D eigenvalue weighted by molar-refractivity contribution is -0.214. The molecule has 0 saturated heterocycles. The van der Waals surface area contributed by atoms with Gasteiger partial charge in [-0.05, 0) is 51.4 Å². The second kappa shape index (κ2) is 8.93. The topological polar surface area (TPSA) is 18.5 Å². The minimum atomic E-state index is -0.423. The summed E-state index contributed by atoms with van der Waals surface area (Å²) in [5, 5.41) is 0. The lowest BCUT2D eigenvalue weighted by Crippen LogP contribution is -2.29. The maximum atomic E-state index is 5.76. The van der Waals surface area contributed by atoms with Gasteiger partial charge in [0.1, 0.15) is 0 Å². The van der Waals surface area contributed by atoms with E-state index in [0.29, 0.717) is 0 Å². The third-order valence-corrected chi connectivity index (χ3v) is 2.75. The molecule has 0 aromatic carbocycles. The third kappa shape index (κ3) is 12.2. The van der Waals surface area contributed by atoms with E-state index < -0.39 is 5.79 Å². The van der Waals surface area contributed by atoms with E-state index in [1.165, 1.54) is 12.8 Å². The molecule has 2 heteroatoms. The van der Waals surface area contributed by atoms with E-state index in [4.69, 9.17) is 9.47 Å². The summed E-state index contributed by atoms with van der Waals surface area (Å²) in [4.78, 5) is 0. The van der Waals surface area contributed by atoms with Gasteiger partial charge in [0.05, 0.1) is 13.2 Å². The fourth-order valence-corrected chi connectivity index (χ4v) is 1.66. The summed E-state index contributed by atoms with van der Waals surface area (Å²) >= 11 is 0. The van der Waals surface area contributed by atoms with Crippen molar-refractivity contribution in [2.24, 2.45) is 11.8 Å². The van der Waals surface area contributed by atoms with Gasteiger partial charge in [0.25, 0.3) is 0 Å². The third-order valence-electron chi connectivity index (χ3n) is 2.75. The van der Waals surface area contributed by atoms with Crippen LogP contribution in [0, 0.1) is 11.8 Å². The first-order chi connectivity index (χ1) is 7.83. The van der Waals surface area contributed by atoms with Crippen molar-refractivity contribution in [3.63, 3.8) is 0 Å².